The number of benzene rings is 2. The lowest BCUT2D eigenvalue weighted by Gasteiger charge is -2.05. The van der Waals surface area contributed by atoms with Crippen LogP contribution in [-0.2, 0) is 22.5 Å². The van der Waals surface area contributed by atoms with Crippen molar-refractivity contribution in [1.82, 2.24) is 4.57 Å². The molecule has 4 nitrogen and oxygen atoms in total. The lowest BCUT2D eigenvalue weighted by molar-refractivity contribution is -0.117. The Hall–Kier alpha value is -2.24. The molecule has 3 aromatic rings. The summed E-state index contributed by atoms with van der Waals surface area (Å²) in [6.07, 6.45) is 0.323. The second-order valence-electron chi connectivity index (χ2n) is 6.61. The van der Waals surface area contributed by atoms with E-state index >= 15 is 0 Å². The fourth-order valence-corrected chi connectivity index (χ4v) is 4.19. The van der Waals surface area contributed by atoms with Crippen molar-refractivity contribution in [2.24, 2.45) is 4.99 Å². The molecule has 1 aromatic heterocycles. The van der Waals surface area contributed by atoms with Gasteiger partial charge in [0.1, 0.15) is 0 Å². The van der Waals surface area contributed by atoms with E-state index in [0.29, 0.717) is 19.6 Å². The Balaban J connectivity index is 1.98. The standard InChI is InChI=1S/C21H24N2O2S/c1-14-5-7-17(16(3)11-14)13-20(24)22-21-23(9-10-25-4)18-8-6-15(2)12-19(18)26-21/h5-8,11-12H,9-10,13H2,1-4H3. The predicted octanol–water partition coefficient (Wildman–Crippen LogP) is 3.94. The van der Waals surface area contributed by atoms with Crippen LogP contribution in [-0.4, -0.2) is 24.2 Å². The summed E-state index contributed by atoms with van der Waals surface area (Å²) in [5.74, 6) is -0.119. The lowest BCUT2D eigenvalue weighted by Crippen LogP contribution is -2.19. The fraction of sp³-hybridized carbons (Fsp3) is 0.333. The monoisotopic (exact) mass is 368 g/mol. The number of nitrogens with zero attached hydrogens (tertiary/aromatic N) is 2. The maximum Gasteiger partial charge on any atom is 0.252 e. The number of hydrogen-bond acceptors (Lipinski definition) is 3. The molecule has 0 unspecified atom stereocenters. The third-order valence-electron chi connectivity index (χ3n) is 4.42. The largest absolute Gasteiger partial charge is 0.383 e. The van der Waals surface area contributed by atoms with Gasteiger partial charge in [0.25, 0.3) is 5.91 Å². The molecule has 0 fully saturated rings. The molecule has 0 aliphatic rings. The number of aryl methyl sites for hydroxylation is 3. The molecule has 0 spiro atoms. The second-order valence-corrected chi connectivity index (χ2v) is 7.62. The molecule has 0 aliphatic carbocycles. The molecule has 1 amide bonds. The van der Waals surface area contributed by atoms with Gasteiger partial charge < -0.3 is 9.30 Å². The van der Waals surface area contributed by atoms with Gasteiger partial charge in [0.2, 0.25) is 0 Å². The minimum absolute atomic E-state index is 0.119. The number of aromatic nitrogens is 1. The Bertz CT molecular complexity index is 1010. The zero-order valence-corrected chi connectivity index (χ0v) is 16.5. The van der Waals surface area contributed by atoms with Crippen LogP contribution < -0.4 is 4.80 Å². The number of carbonyl (C=O) groups is 1. The molecule has 0 radical (unpaired) electrons. The number of methoxy groups -OCH3 is 1. The van der Waals surface area contributed by atoms with E-state index in [0.717, 1.165) is 26.1 Å². The predicted molar refractivity (Wildman–Crippen MR) is 107 cm³/mol. The molecular formula is C21H24N2O2S. The number of carbonyl (C=O) groups excluding carboxylic acids is 1. The average Bonchev–Trinajstić information content (AvgIpc) is 2.91. The number of ether oxygens (including phenoxy) is 1. The highest BCUT2D eigenvalue weighted by Gasteiger charge is 2.10. The number of rotatable bonds is 5. The topological polar surface area (TPSA) is 43.6 Å². The lowest BCUT2D eigenvalue weighted by atomic mass is 10.0. The maximum atomic E-state index is 12.6. The van der Waals surface area contributed by atoms with E-state index in [9.17, 15) is 4.79 Å². The first-order chi connectivity index (χ1) is 12.5. The molecule has 5 heteroatoms. The average molecular weight is 369 g/mol. The Kier molecular flexibility index (Phi) is 5.69. The molecule has 2 aromatic carbocycles. The van der Waals surface area contributed by atoms with Crippen LogP contribution in [0.1, 0.15) is 22.3 Å². The van der Waals surface area contributed by atoms with Gasteiger partial charge in [0, 0.05) is 13.7 Å². The molecular weight excluding hydrogens is 344 g/mol. The van der Waals surface area contributed by atoms with Crippen LogP contribution in [0.2, 0.25) is 0 Å². The summed E-state index contributed by atoms with van der Waals surface area (Å²) in [6.45, 7) is 7.42. The van der Waals surface area contributed by atoms with Crippen LogP contribution in [0.4, 0.5) is 0 Å². The Morgan fingerprint density at radius 3 is 2.58 bits per heavy atom. The van der Waals surface area contributed by atoms with Gasteiger partial charge in [-0.1, -0.05) is 41.2 Å². The van der Waals surface area contributed by atoms with E-state index < -0.39 is 0 Å². The quantitative estimate of drug-likeness (QED) is 0.684. The summed E-state index contributed by atoms with van der Waals surface area (Å²) in [5.41, 5.74) is 5.66. The maximum absolute atomic E-state index is 12.6. The molecule has 136 valence electrons. The van der Waals surface area contributed by atoms with Gasteiger partial charge in [-0.3, -0.25) is 4.79 Å². The fourth-order valence-electron chi connectivity index (χ4n) is 3.02. The molecule has 0 N–H and O–H groups in total. The van der Waals surface area contributed by atoms with Crippen LogP contribution >= 0.6 is 11.3 Å². The van der Waals surface area contributed by atoms with Crippen molar-refractivity contribution < 1.29 is 9.53 Å². The molecule has 26 heavy (non-hydrogen) atoms. The molecule has 0 aliphatic heterocycles. The number of thiazole rings is 1. The highest BCUT2D eigenvalue weighted by molar-refractivity contribution is 7.16. The highest BCUT2D eigenvalue weighted by atomic mass is 32.1. The molecule has 0 saturated carbocycles. The van der Waals surface area contributed by atoms with Gasteiger partial charge in [-0.2, -0.15) is 4.99 Å². The zero-order valence-electron chi connectivity index (χ0n) is 15.7. The van der Waals surface area contributed by atoms with Crippen molar-refractivity contribution >= 4 is 27.5 Å². The van der Waals surface area contributed by atoms with E-state index in [2.05, 4.69) is 47.7 Å². The van der Waals surface area contributed by atoms with Gasteiger partial charge in [-0.05, 0) is 49.6 Å². The van der Waals surface area contributed by atoms with Gasteiger partial charge >= 0.3 is 0 Å². The van der Waals surface area contributed by atoms with Crippen LogP contribution in [0, 0.1) is 20.8 Å². The van der Waals surface area contributed by atoms with Gasteiger partial charge in [0.05, 0.1) is 23.2 Å². The highest BCUT2D eigenvalue weighted by Crippen LogP contribution is 2.19. The summed E-state index contributed by atoms with van der Waals surface area (Å²) in [6, 6.07) is 12.5. The summed E-state index contributed by atoms with van der Waals surface area (Å²) >= 11 is 1.55. The second kappa shape index (κ2) is 7.98. The minimum atomic E-state index is -0.119. The number of fused-ring (bicyclic) bond motifs is 1. The first kappa shape index (κ1) is 18.5. The van der Waals surface area contributed by atoms with Crippen LogP contribution in [0.25, 0.3) is 10.2 Å². The smallest absolute Gasteiger partial charge is 0.252 e. The van der Waals surface area contributed by atoms with E-state index in [1.54, 1.807) is 18.4 Å². The van der Waals surface area contributed by atoms with Crippen molar-refractivity contribution in [3.05, 3.63) is 63.5 Å². The minimum Gasteiger partial charge on any atom is -0.383 e. The van der Waals surface area contributed by atoms with Crippen molar-refractivity contribution in [3.8, 4) is 0 Å². The first-order valence-corrected chi connectivity index (χ1v) is 9.52. The van der Waals surface area contributed by atoms with Gasteiger partial charge in [0.15, 0.2) is 4.80 Å². The third kappa shape index (κ3) is 4.11. The Morgan fingerprint density at radius 1 is 1.12 bits per heavy atom. The van der Waals surface area contributed by atoms with Crippen molar-refractivity contribution in [1.29, 1.82) is 0 Å². The first-order valence-electron chi connectivity index (χ1n) is 8.70. The van der Waals surface area contributed by atoms with Crippen LogP contribution in [0.3, 0.4) is 0 Å². The van der Waals surface area contributed by atoms with Crippen LogP contribution in [0.15, 0.2) is 41.4 Å². The summed E-state index contributed by atoms with van der Waals surface area (Å²) < 4.78 is 8.44. The van der Waals surface area contributed by atoms with E-state index in [-0.39, 0.29) is 5.91 Å². The molecule has 0 atom stereocenters. The number of hydrogen-bond donors (Lipinski definition) is 0. The molecule has 3 rings (SSSR count). The summed E-state index contributed by atoms with van der Waals surface area (Å²) in [7, 11) is 1.68. The van der Waals surface area contributed by atoms with Crippen LogP contribution in [0.5, 0.6) is 0 Å². The summed E-state index contributed by atoms with van der Waals surface area (Å²) in [5, 5.41) is 0. The Morgan fingerprint density at radius 2 is 1.85 bits per heavy atom. The molecule has 1 heterocycles. The van der Waals surface area contributed by atoms with E-state index in [4.69, 9.17) is 4.74 Å². The third-order valence-corrected chi connectivity index (χ3v) is 5.46. The molecule has 0 saturated heterocycles. The number of amides is 1. The summed E-state index contributed by atoms with van der Waals surface area (Å²) in [4.78, 5) is 17.7. The molecule has 0 bridgehead atoms. The van der Waals surface area contributed by atoms with Gasteiger partial charge in [-0.25, -0.2) is 0 Å². The normalized spacial score (nSPS) is 12.1. The van der Waals surface area contributed by atoms with Crippen molar-refractivity contribution in [2.75, 3.05) is 13.7 Å². The van der Waals surface area contributed by atoms with Crippen molar-refractivity contribution in [3.63, 3.8) is 0 Å². The van der Waals surface area contributed by atoms with E-state index in [1.807, 2.05) is 19.1 Å². The SMILES string of the molecule is COCCn1c(=NC(=O)Cc2ccc(C)cc2C)sc2cc(C)ccc21. The zero-order chi connectivity index (χ0) is 18.7. The Labute approximate surface area is 157 Å². The van der Waals surface area contributed by atoms with Gasteiger partial charge in [-0.15, -0.1) is 0 Å². The van der Waals surface area contributed by atoms with Crippen molar-refractivity contribution in [2.45, 2.75) is 33.7 Å². The van der Waals surface area contributed by atoms with E-state index in [1.165, 1.54) is 11.1 Å².